The zero-order valence-corrected chi connectivity index (χ0v) is 25.4. The first kappa shape index (κ1) is 28.6. The van der Waals surface area contributed by atoms with Gasteiger partial charge in [-0.05, 0) is 80.4 Å². The minimum Gasteiger partial charge on any atom is -0.297 e. The summed E-state index contributed by atoms with van der Waals surface area (Å²) in [6.07, 6.45) is 10.6. The second kappa shape index (κ2) is 12.4. The van der Waals surface area contributed by atoms with E-state index in [-0.39, 0.29) is 0 Å². The van der Waals surface area contributed by atoms with Gasteiger partial charge in [-0.2, -0.15) is 0 Å². The topological polar surface area (TPSA) is 17.8 Å². The molecular formula is C42H36N2. The lowest BCUT2D eigenvalue weighted by atomic mass is 9.83. The van der Waals surface area contributed by atoms with E-state index in [1.165, 1.54) is 27.5 Å². The van der Waals surface area contributed by atoms with Gasteiger partial charge in [0.15, 0.2) is 0 Å². The molecule has 1 aromatic heterocycles. The van der Waals surface area contributed by atoms with E-state index >= 15 is 0 Å². The average Bonchev–Trinajstić information content (AvgIpc) is 3.41. The van der Waals surface area contributed by atoms with Crippen LogP contribution >= 0.6 is 0 Å². The first-order chi connectivity index (χ1) is 21.6. The molecule has 1 heterocycles. The van der Waals surface area contributed by atoms with Crippen LogP contribution in [-0.2, 0) is 6.42 Å². The van der Waals surface area contributed by atoms with E-state index in [1.54, 1.807) is 6.08 Å². The molecule has 214 valence electrons. The molecule has 2 heteroatoms. The molecule has 44 heavy (non-hydrogen) atoms. The van der Waals surface area contributed by atoms with Gasteiger partial charge in [0, 0.05) is 12.1 Å². The number of fused-ring (bicyclic) bond motifs is 1. The Morgan fingerprint density at radius 2 is 1.14 bits per heavy atom. The fourth-order valence-electron chi connectivity index (χ4n) is 6.24. The fraction of sp³-hybridized carbons (Fsp3) is 0.0714. The monoisotopic (exact) mass is 568 g/mol. The van der Waals surface area contributed by atoms with E-state index in [1.807, 2.05) is 24.3 Å². The molecular weight excluding hydrogens is 532 g/mol. The third-order valence-electron chi connectivity index (χ3n) is 8.27. The highest BCUT2D eigenvalue weighted by Gasteiger charge is 2.19. The summed E-state index contributed by atoms with van der Waals surface area (Å²) in [6, 6.07) is 36.8. The Morgan fingerprint density at radius 3 is 1.66 bits per heavy atom. The summed E-state index contributed by atoms with van der Waals surface area (Å²) in [5, 5.41) is 2.38. The maximum Gasteiger partial charge on any atom is 0.113 e. The average molecular weight is 569 g/mol. The van der Waals surface area contributed by atoms with Crippen molar-refractivity contribution < 1.29 is 0 Å². The van der Waals surface area contributed by atoms with Crippen molar-refractivity contribution in [3.8, 4) is 39.1 Å². The van der Waals surface area contributed by atoms with Crippen LogP contribution in [0.4, 0.5) is 0 Å². The first-order valence-electron chi connectivity index (χ1n) is 15.1. The van der Waals surface area contributed by atoms with Crippen molar-refractivity contribution in [2.45, 2.75) is 20.3 Å². The molecule has 0 spiro atoms. The van der Waals surface area contributed by atoms with Crippen LogP contribution in [0.2, 0.25) is 0 Å². The molecule has 0 bridgehead atoms. The van der Waals surface area contributed by atoms with E-state index in [9.17, 15) is 0 Å². The van der Waals surface area contributed by atoms with Gasteiger partial charge < -0.3 is 0 Å². The Bertz CT molecular complexity index is 2020. The lowest BCUT2D eigenvalue weighted by molar-refractivity contribution is 0.885. The summed E-state index contributed by atoms with van der Waals surface area (Å²) in [5.74, 6) is 1.03. The fourth-order valence-corrected chi connectivity index (χ4v) is 6.24. The smallest absolute Gasteiger partial charge is 0.113 e. The van der Waals surface area contributed by atoms with Crippen LogP contribution in [-0.4, -0.2) is 9.55 Å². The van der Waals surface area contributed by atoms with Gasteiger partial charge in [0.25, 0.3) is 0 Å². The maximum atomic E-state index is 4.84. The van der Waals surface area contributed by atoms with Gasteiger partial charge in [0.05, 0.1) is 11.4 Å². The van der Waals surface area contributed by atoms with Crippen molar-refractivity contribution in [3.05, 3.63) is 163 Å². The lowest BCUT2D eigenvalue weighted by Crippen LogP contribution is -2.02. The summed E-state index contributed by atoms with van der Waals surface area (Å²) in [6.45, 7) is 16.6. The number of rotatable bonds is 9. The van der Waals surface area contributed by atoms with Crippen molar-refractivity contribution >= 4 is 29.0 Å². The van der Waals surface area contributed by atoms with Crippen LogP contribution < -0.4 is 0 Å². The Labute approximate surface area is 260 Å². The van der Waals surface area contributed by atoms with Gasteiger partial charge in [-0.1, -0.05) is 142 Å². The van der Waals surface area contributed by atoms with Crippen molar-refractivity contribution in [2.24, 2.45) is 0 Å². The number of allylic oxidation sites excluding steroid dienone is 2. The molecule has 6 aromatic rings. The highest BCUT2D eigenvalue weighted by atomic mass is 15.1. The predicted molar refractivity (Wildman–Crippen MR) is 191 cm³/mol. The standard InChI is InChI=1S/C42H36N2/c1-6-10-20-39-29(5)43-40(9-4)44(39)34-27-25-33(26-28-34)42-36(8-3)35(7-2)41(37-18-14-15-19-38(37)42)32-23-21-31(22-24-32)30-16-12-11-13-17-30/h6-8,10-28H,1-3,9H2,4-5H3/b20-10-. The molecule has 0 saturated heterocycles. The molecule has 0 aliphatic heterocycles. The predicted octanol–water partition coefficient (Wildman–Crippen LogP) is 11.4. The maximum absolute atomic E-state index is 4.84. The van der Waals surface area contributed by atoms with Crippen LogP contribution in [0.25, 0.3) is 68.1 Å². The third-order valence-corrected chi connectivity index (χ3v) is 8.27. The van der Waals surface area contributed by atoms with Crippen LogP contribution in [0.5, 0.6) is 0 Å². The molecule has 0 N–H and O–H groups in total. The Morgan fingerprint density at radius 1 is 0.636 bits per heavy atom. The first-order valence-corrected chi connectivity index (χ1v) is 15.1. The quantitative estimate of drug-likeness (QED) is 0.159. The van der Waals surface area contributed by atoms with Gasteiger partial charge in [0.1, 0.15) is 5.82 Å². The van der Waals surface area contributed by atoms with Gasteiger partial charge in [-0.3, -0.25) is 4.57 Å². The minimum atomic E-state index is 0.840. The second-order valence-corrected chi connectivity index (χ2v) is 10.8. The van der Waals surface area contributed by atoms with Crippen molar-refractivity contribution in [3.63, 3.8) is 0 Å². The normalized spacial score (nSPS) is 11.2. The number of hydrogen-bond acceptors (Lipinski definition) is 1. The van der Waals surface area contributed by atoms with E-state index in [4.69, 9.17) is 4.98 Å². The summed E-state index contributed by atoms with van der Waals surface area (Å²) >= 11 is 0. The second-order valence-electron chi connectivity index (χ2n) is 10.8. The van der Waals surface area contributed by atoms with Crippen molar-refractivity contribution in [1.82, 2.24) is 9.55 Å². The molecule has 0 atom stereocenters. The minimum absolute atomic E-state index is 0.840. The van der Waals surface area contributed by atoms with Crippen LogP contribution in [0.15, 0.2) is 135 Å². The van der Waals surface area contributed by atoms with Gasteiger partial charge in [0.2, 0.25) is 0 Å². The van der Waals surface area contributed by atoms with E-state index in [0.29, 0.717) is 0 Å². The zero-order valence-electron chi connectivity index (χ0n) is 25.4. The molecule has 0 saturated carbocycles. The van der Waals surface area contributed by atoms with Crippen LogP contribution in [0.1, 0.15) is 35.3 Å². The van der Waals surface area contributed by atoms with Gasteiger partial charge in [-0.15, -0.1) is 0 Å². The van der Waals surface area contributed by atoms with E-state index in [0.717, 1.165) is 57.1 Å². The molecule has 0 aliphatic carbocycles. The summed E-state index contributed by atoms with van der Waals surface area (Å²) in [4.78, 5) is 4.84. The van der Waals surface area contributed by atoms with E-state index < -0.39 is 0 Å². The number of hydrogen-bond donors (Lipinski definition) is 0. The Kier molecular flexibility index (Phi) is 8.08. The molecule has 0 aliphatic rings. The number of aromatic nitrogens is 2. The zero-order chi connectivity index (χ0) is 30.6. The molecule has 0 radical (unpaired) electrons. The summed E-state index contributed by atoms with van der Waals surface area (Å²) < 4.78 is 2.24. The molecule has 0 unspecified atom stereocenters. The third kappa shape index (κ3) is 5.05. The molecule has 5 aromatic carbocycles. The molecule has 6 rings (SSSR count). The highest BCUT2D eigenvalue weighted by Crippen LogP contribution is 2.43. The molecule has 0 fully saturated rings. The van der Waals surface area contributed by atoms with Gasteiger partial charge >= 0.3 is 0 Å². The van der Waals surface area contributed by atoms with Gasteiger partial charge in [-0.25, -0.2) is 4.98 Å². The number of benzene rings is 5. The molecule has 0 amide bonds. The largest absolute Gasteiger partial charge is 0.297 e. The lowest BCUT2D eigenvalue weighted by Gasteiger charge is -2.20. The Hall–Kier alpha value is -5.47. The van der Waals surface area contributed by atoms with Crippen LogP contribution in [0.3, 0.4) is 0 Å². The summed E-state index contributed by atoms with van der Waals surface area (Å²) in [7, 11) is 0. The van der Waals surface area contributed by atoms with Crippen molar-refractivity contribution in [1.29, 1.82) is 0 Å². The summed E-state index contributed by atoms with van der Waals surface area (Å²) in [5.41, 5.74) is 12.3. The Balaban J connectivity index is 1.52. The van der Waals surface area contributed by atoms with Crippen molar-refractivity contribution in [2.75, 3.05) is 0 Å². The number of aryl methyl sites for hydroxylation is 2. The SMILES string of the molecule is C=C/C=C\c1c(C)nc(CC)n1-c1ccc(-c2c(C=C)c(C=C)c(-c3ccc(-c4ccccc4)cc3)c3ccccc23)cc1. The number of nitrogens with zero attached hydrogens (tertiary/aromatic N) is 2. The highest BCUT2D eigenvalue weighted by molar-refractivity contribution is 6.11. The van der Waals surface area contributed by atoms with E-state index in [2.05, 4.69) is 141 Å². The van der Waals surface area contributed by atoms with Crippen LogP contribution in [0, 0.1) is 6.92 Å². The number of imidazole rings is 1. The molecule has 2 nitrogen and oxygen atoms in total.